The maximum Gasteiger partial charge on any atom is 0.326 e. The van der Waals surface area contributed by atoms with Crippen molar-refractivity contribution < 1.29 is 19.5 Å². The van der Waals surface area contributed by atoms with Crippen LogP contribution in [0.3, 0.4) is 0 Å². The van der Waals surface area contributed by atoms with Gasteiger partial charge in [-0.3, -0.25) is 9.59 Å². The van der Waals surface area contributed by atoms with Crippen molar-refractivity contribution in [3.8, 4) is 0 Å². The van der Waals surface area contributed by atoms with Gasteiger partial charge in [0.15, 0.2) is 0 Å². The van der Waals surface area contributed by atoms with Crippen LogP contribution >= 0.6 is 0 Å². The average molecular weight is 292 g/mol. The van der Waals surface area contributed by atoms with Gasteiger partial charge in [0.25, 0.3) is 5.91 Å². The first-order valence-corrected chi connectivity index (χ1v) is 6.73. The normalized spacial score (nSPS) is 12.0. The van der Waals surface area contributed by atoms with Crippen LogP contribution in [0.25, 0.3) is 0 Å². The van der Waals surface area contributed by atoms with Crippen LogP contribution in [0.2, 0.25) is 0 Å². The van der Waals surface area contributed by atoms with Crippen LogP contribution in [-0.2, 0) is 9.59 Å². The highest BCUT2D eigenvalue weighted by molar-refractivity contribution is 5.96. The fraction of sp³-hybridized carbons (Fsp3) is 0.400. The van der Waals surface area contributed by atoms with Crippen molar-refractivity contribution in [2.45, 2.75) is 38.6 Å². The molecule has 0 aliphatic carbocycles. The number of hydrogen-bond acceptors (Lipinski definition) is 3. The summed E-state index contributed by atoms with van der Waals surface area (Å²) in [7, 11) is 0. The number of carbonyl (C=O) groups is 3. The van der Waals surface area contributed by atoms with E-state index in [4.69, 9.17) is 10.8 Å². The number of nitrogens with one attached hydrogen (secondary N) is 1. The fourth-order valence-corrected chi connectivity index (χ4v) is 1.80. The number of hydrogen-bond donors (Lipinski definition) is 3. The molecule has 0 bridgehead atoms. The summed E-state index contributed by atoms with van der Waals surface area (Å²) in [6.45, 7) is 4.08. The number of benzene rings is 1. The smallest absolute Gasteiger partial charge is 0.326 e. The van der Waals surface area contributed by atoms with E-state index in [0.717, 1.165) is 5.56 Å². The van der Waals surface area contributed by atoms with E-state index in [-0.39, 0.29) is 12.8 Å². The third-order valence-corrected chi connectivity index (χ3v) is 3.12. The summed E-state index contributed by atoms with van der Waals surface area (Å²) in [5.74, 6) is -1.92. The highest BCUT2D eigenvalue weighted by Crippen LogP contribution is 2.14. The van der Waals surface area contributed by atoms with E-state index < -0.39 is 23.8 Å². The van der Waals surface area contributed by atoms with Crippen molar-refractivity contribution in [3.05, 3.63) is 35.4 Å². The van der Waals surface area contributed by atoms with Crippen molar-refractivity contribution in [1.29, 1.82) is 0 Å². The molecule has 1 atom stereocenters. The Morgan fingerprint density at radius 1 is 1.19 bits per heavy atom. The minimum absolute atomic E-state index is 0.0273. The lowest BCUT2D eigenvalue weighted by molar-refractivity contribution is -0.139. The van der Waals surface area contributed by atoms with Crippen LogP contribution < -0.4 is 11.1 Å². The summed E-state index contributed by atoms with van der Waals surface area (Å²) in [5, 5.41) is 11.4. The number of rotatable bonds is 7. The molecule has 1 rings (SSSR count). The largest absolute Gasteiger partial charge is 0.480 e. The Balaban J connectivity index is 2.72. The van der Waals surface area contributed by atoms with Gasteiger partial charge >= 0.3 is 5.97 Å². The minimum Gasteiger partial charge on any atom is -0.480 e. The van der Waals surface area contributed by atoms with Crippen LogP contribution in [0.5, 0.6) is 0 Å². The number of nitrogens with two attached hydrogens (primary N) is 1. The molecule has 114 valence electrons. The lowest BCUT2D eigenvalue weighted by atomic mass is 10.0. The Kier molecular flexibility index (Phi) is 5.90. The van der Waals surface area contributed by atoms with E-state index in [2.05, 4.69) is 5.32 Å². The molecule has 0 aliphatic heterocycles. The van der Waals surface area contributed by atoms with Gasteiger partial charge in [-0.05, 0) is 30.0 Å². The number of carboxylic acids is 1. The molecule has 1 aromatic carbocycles. The molecule has 0 heterocycles. The van der Waals surface area contributed by atoms with E-state index >= 15 is 0 Å². The van der Waals surface area contributed by atoms with E-state index in [1.54, 1.807) is 12.1 Å². The molecule has 2 amide bonds. The maximum atomic E-state index is 12.0. The average Bonchev–Trinajstić information content (AvgIpc) is 2.42. The summed E-state index contributed by atoms with van der Waals surface area (Å²) < 4.78 is 0. The Hall–Kier alpha value is -2.37. The number of carboxylic acid groups (broad SMARTS) is 1. The van der Waals surface area contributed by atoms with E-state index in [0.29, 0.717) is 11.5 Å². The first kappa shape index (κ1) is 16.7. The highest BCUT2D eigenvalue weighted by atomic mass is 16.4. The minimum atomic E-state index is -1.19. The molecule has 21 heavy (non-hydrogen) atoms. The molecular formula is C15H20N2O4. The fourth-order valence-electron chi connectivity index (χ4n) is 1.80. The number of aliphatic carboxylic acids is 1. The second-order valence-corrected chi connectivity index (χ2v) is 5.15. The molecule has 0 saturated heterocycles. The molecule has 0 aliphatic rings. The molecule has 0 aromatic heterocycles. The van der Waals surface area contributed by atoms with Crippen molar-refractivity contribution >= 4 is 17.8 Å². The number of amides is 2. The van der Waals surface area contributed by atoms with Gasteiger partial charge in [-0.15, -0.1) is 0 Å². The van der Waals surface area contributed by atoms with Gasteiger partial charge in [0.05, 0.1) is 0 Å². The van der Waals surface area contributed by atoms with Crippen molar-refractivity contribution in [1.82, 2.24) is 5.32 Å². The summed E-state index contributed by atoms with van der Waals surface area (Å²) in [4.78, 5) is 33.8. The second kappa shape index (κ2) is 7.42. The Labute approximate surface area is 123 Å². The van der Waals surface area contributed by atoms with Gasteiger partial charge in [0.2, 0.25) is 5.91 Å². The topological polar surface area (TPSA) is 109 Å². The van der Waals surface area contributed by atoms with Gasteiger partial charge in [-0.2, -0.15) is 0 Å². The van der Waals surface area contributed by atoms with Crippen LogP contribution in [0, 0.1) is 0 Å². The van der Waals surface area contributed by atoms with Gasteiger partial charge in [-0.25, -0.2) is 4.79 Å². The summed E-state index contributed by atoms with van der Waals surface area (Å²) in [6, 6.07) is 5.84. The summed E-state index contributed by atoms with van der Waals surface area (Å²) >= 11 is 0. The molecule has 4 N–H and O–H groups in total. The lowest BCUT2D eigenvalue weighted by Gasteiger charge is -2.14. The van der Waals surface area contributed by atoms with E-state index in [9.17, 15) is 14.4 Å². The molecule has 0 spiro atoms. The maximum absolute atomic E-state index is 12.0. The molecule has 0 radical (unpaired) electrons. The molecule has 1 unspecified atom stereocenters. The highest BCUT2D eigenvalue weighted by Gasteiger charge is 2.21. The standard InChI is InChI=1S/C15H20N2O4/c1-9(2)10-3-5-11(6-4-10)14(19)17-12(15(20)21)7-8-13(16)18/h3-6,9,12H,7-8H2,1-2H3,(H2,16,18)(H,17,19)(H,20,21). The number of carbonyl (C=O) groups excluding carboxylic acids is 2. The zero-order valence-corrected chi connectivity index (χ0v) is 12.1. The Morgan fingerprint density at radius 2 is 1.76 bits per heavy atom. The Morgan fingerprint density at radius 3 is 2.19 bits per heavy atom. The SMILES string of the molecule is CC(C)c1ccc(C(=O)NC(CCC(N)=O)C(=O)O)cc1. The third-order valence-electron chi connectivity index (χ3n) is 3.12. The predicted octanol–water partition coefficient (Wildman–Crippen LogP) is 1.26. The first-order chi connectivity index (χ1) is 9.81. The molecule has 0 fully saturated rings. The van der Waals surface area contributed by atoms with Crippen LogP contribution in [0.1, 0.15) is 48.5 Å². The van der Waals surface area contributed by atoms with Gasteiger partial charge < -0.3 is 16.2 Å². The van der Waals surface area contributed by atoms with Crippen LogP contribution in [0.15, 0.2) is 24.3 Å². The second-order valence-electron chi connectivity index (χ2n) is 5.15. The molecular weight excluding hydrogens is 272 g/mol. The summed E-state index contributed by atoms with van der Waals surface area (Å²) in [5.41, 5.74) is 6.46. The number of primary amides is 1. The van der Waals surface area contributed by atoms with Crippen molar-refractivity contribution in [3.63, 3.8) is 0 Å². The predicted molar refractivity (Wildman–Crippen MR) is 77.8 cm³/mol. The zero-order valence-electron chi connectivity index (χ0n) is 12.1. The van der Waals surface area contributed by atoms with Gasteiger partial charge in [-0.1, -0.05) is 26.0 Å². The quantitative estimate of drug-likeness (QED) is 0.702. The van der Waals surface area contributed by atoms with Gasteiger partial charge in [0.1, 0.15) is 6.04 Å². The summed E-state index contributed by atoms with van der Waals surface area (Å²) in [6.07, 6.45) is -0.121. The third kappa shape index (κ3) is 5.25. The van der Waals surface area contributed by atoms with Gasteiger partial charge in [0, 0.05) is 12.0 Å². The zero-order chi connectivity index (χ0) is 16.0. The van der Waals surface area contributed by atoms with Crippen molar-refractivity contribution in [2.24, 2.45) is 5.73 Å². The molecule has 0 saturated carbocycles. The molecule has 6 nitrogen and oxygen atoms in total. The van der Waals surface area contributed by atoms with E-state index in [1.165, 1.54) is 0 Å². The Bertz CT molecular complexity index is 523. The molecule has 6 heteroatoms. The van der Waals surface area contributed by atoms with E-state index in [1.807, 2.05) is 26.0 Å². The van der Waals surface area contributed by atoms with Crippen LogP contribution in [-0.4, -0.2) is 28.9 Å². The monoisotopic (exact) mass is 292 g/mol. The molecule has 1 aromatic rings. The lowest BCUT2D eigenvalue weighted by Crippen LogP contribution is -2.41. The van der Waals surface area contributed by atoms with Crippen LogP contribution in [0.4, 0.5) is 0 Å². The first-order valence-electron chi connectivity index (χ1n) is 6.73. The van der Waals surface area contributed by atoms with Crippen molar-refractivity contribution in [2.75, 3.05) is 0 Å².